The number of sulfonamides is 1. The van der Waals surface area contributed by atoms with Gasteiger partial charge in [0.05, 0.1) is 5.75 Å². The second kappa shape index (κ2) is 5.11. The van der Waals surface area contributed by atoms with Gasteiger partial charge in [-0.2, -0.15) is 0 Å². The van der Waals surface area contributed by atoms with Gasteiger partial charge in [-0.05, 0) is 19.3 Å². The highest BCUT2D eigenvalue weighted by molar-refractivity contribution is 7.89. The zero-order chi connectivity index (χ0) is 12.2. The molecular formula is C9H17NO5S. The lowest BCUT2D eigenvalue weighted by Crippen LogP contribution is -2.33. The van der Waals surface area contributed by atoms with Gasteiger partial charge in [-0.25, -0.2) is 13.1 Å². The maximum Gasteiger partial charge on any atom is 0.303 e. The van der Waals surface area contributed by atoms with Crippen LogP contribution in [0.1, 0.15) is 25.7 Å². The number of hydrogen-bond donors (Lipinski definition) is 3. The molecule has 7 heteroatoms. The van der Waals surface area contributed by atoms with E-state index >= 15 is 0 Å². The smallest absolute Gasteiger partial charge is 0.303 e. The molecule has 1 aliphatic rings. The molecule has 0 aliphatic heterocycles. The van der Waals surface area contributed by atoms with Crippen LogP contribution in [0.2, 0.25) is 0 Å². The summed E-state index contributed by atoms with van der Waals surface area (Å²) in [6, 6.07) is 0. The molecule has 1 rings (SSSR count). The Kier molecular flexibility index (Phi) is 4.28. The van der Waals surface area contributed by atoms with Gasteiger partial charge in [-0.15, -0.1) is 0 Å². The summed E-state index contributed by atoms with van der Waals surface area (Å²) in [5.41, 5.74) is -0.264. The number of aliphatic hydroxyl groups excluding tert-OH is 1. The Labute approximate surface area is 94.7 Å². The van der Waals surface area contributed by atoms with Crippen LogP contribution in [-0.2, 0) is 14.8 Å². The summed E-state index contributed by atoms with van der Waals surface area (Å²) >= 11 is 0. The first-order chi connectivity index (χ1) is 7.39. The number of hydrogen-bond acceptors (Lipinski definition) is 4. The first-order valence-corrected chi connectivity index (χ1v) is 6.84. The van der Waals surface area contributed by atoms with Gasteiger partial charge in [0.2, 0.25) is 10.0 Å². The van der Waals surface area contributed by atoms with E-state index in [1.54, 1.807) is 0 Å². The van der Waals surface area contributed by atoms with E-state index in [4.69, 9.17) is 10.2 Å². The van der Waals surface area contributed by atoms with Crippen molar-refractivity contribution in [2.75, 3.05) is 18.9 Å². The fourth-order valence-corrected chi connectivity index (χ4v) is 2.51. The number of carbonyl (C=O) groups is 1. The van der Waals surface area contributed by atoms with Crippen molar-refractivity contribution in [2.45, 2.75) is 25.7 Å². The molecule has 0 radical (unpaired) electrons. The van der Waals surface area contributed by atoms with E-state index in [2.05, 4.69) is 4.72 Å². The van der Waals surface area contributed by atoms with Gasteiger partial charge in [-0.1, -0.05) is 0 Å². The number of carboxylic acid groups (broad SMARTS) is 1. The lowest BCUT2D eigenvalue weighted by atomic mass is 10.1. The SMILES string of the molecule is O=C(O)CCCS(=O)(=O)NCC1(CO)CC1. The molecule has 3 N–H and O–H groups in total. The average Bonchev–Trinajstić information content (AvgIpc) is 2.95. The van der Waals surface area contributed by atoms with Gasteiger partial charge in [0.15, 0.2) is 0 Å². The fourth-order valence-electron chi connectivity index (χ4n) is 1.32. The molecule has 6 nitrogen and oxygen atoms in total. The Morgan fingerprint density at radius 1 is 1.38 bits per heavy atom. The van der Waals surface area contributed by atoms with E-state index in [0.29, 0.717) is 0 Å². The van der Waals surface area contributed by atoms with Crippen LogP contribution in [0.15, 0.2) is 0 Å². The minimum Gasteiger partial charge on any atom is -0.481 e. The second-order valence-electron chi connectivity index (χ2n) is 4.30. The molecule has 0 saturated heterocycles. The molecule has 1 saturated carbocycles. The number of rotatable bonds is 8. The van der Waals surface area contributed by atoms with Gasteiger partial charge >= 0.3 is 5.97 Å². The molecule has 1 aliphatic carbocycles. The predicted octanol–water partition coefficient (Wildman–Crippen LogP) is -0.457. The largest absolute Gasteiger partial charge is 0.481 e. The summed E-state index contributed by atoms with van der Waals surface area (Å²) in [4.78, 5) is 10.2. The van der Waals surface area contributed by atoms with E-state index in [1.165, 1.54) is 0 Å². The second-order valence-corrected chi connectivity index (χ2v) is 6.22. The molecule has 0 spiro atoms. The van der Waals surface area contributed by atoms with Crippen molar-refractivity contribution in [1.82, 2.24) is 4.72 Å². The van der Waals surface area contributed by atoms with Crippen LogP contribution in [0, 0.1) is 5.41 Å². The molecule has 0 heterocycles. The zero-order valence-corrected chi connectivity index (χ0v) is 9.79. The van der Waals surface area contributed by atoms with Crippen LogP contribution in [0.25, 0.3) is 0 Å². The molecule has 0 aromatic rings. The third kappa shape index (κ3) is 4.46. The van der Waals surface area contributed by atoms with Crippen LogP contribution in [0.3, 0.4) is 0 Å². The molecule has 16 heavy (non-hydrogen) atoms. The zero-order valence-electron chi connectivity index (χ0n) is 8.98. The highest BCUT2D eigenvalue weighted by Gasteiger charge is 2.42. The van der Waals surface area contributed by atoms with E-state index in [0.717, 1.165) is 12.8 Å². The van der Waals surface area contributed by atoms with Crippen LogP contribution in [0.5, 0.6) is 0 Å². The first kappa shape index (κ1) is 13.4. The summed E-state index contributed by atoms with van der Waals surface area (Å²) in [7, 11) is -3.40. The van der Waals surface area contributed by atoms with Gasteiger partial charge in [0.1, 0.15) is 0 Å². The molecule has 94 valence electrons. The normalized spacial score (nSPS) is 18.3. The number of aliphatic hydroxyl groups is 1. The van der Waals surface area contributed by atoms with Crippen LogP contribution in [0.4, 0.5) is 0 Å². The standard InChI is InChI=1S/C9H17NO5S/c11-7-9(3-4-9)6-10-16(14,15)5-1-2-8(12)13/h10-11H,1-7H2,(H,12,13). The van der Waals surface area contributed by atoms with Gasteiger partial charge in [0.25, 0.3) is 0 Å². The number of nitrogens with one attached hydrogen (secondary N) is 1. The molecule has 0 unspecified atom stereocenters. The first-order valence-electron chi connectivity index (χ1n) is 5.19. The monoisotopic (exact) mass is 251 g/mol. The van der Waals surface area contributed by atoms with E-state index < -0.39 is 16.0 Å². The van der Waals surface area contributed by atoms with Crippen LogP contribution >= 0.6 is 0 Å². The Morgan fingerprint density at radius 3 is 2.44 bits per heavy atom. The lowest BCUT2D eigenvalue weighted by molar-refractivity contribution is -0.137. The topological polar surface area (TPSA) is 104 Å². The highest BCUT2D eigenvalue weighted by Crippen LogP contribution is 2.44. The highest BCUT2D eigenvalue weighted by atomic mass is 32.2. The Balaban J connectivity index is 2.26. The van der Waals surface area contributed by atoms with Crippen molar-refractivity contribution >= 4 is 16.0 Å². The minimum absolute atomic E-state index is 0.00928. The lowest BCUT2D eigenvalue weighted by Gasteiger charge is -2.12. The third-order valence-corrected chi connectivity index (χ3v) is 4.17. The minimum atomic E-state index is -3.40. The van der Waals surface area contributed by atoms with Crippen molar-refractivity contribution in [3.8, 4) is 0 Å². The summed E-state index contributed by atoms with van der Waals surface area (Å²) in [5.74, 6) is -1.18. The van der Waals surface area contributed by atoms with E-state index in [1.807, 2.05) is 0 Å². The van der Waals surface area contributed by atoms with Crippen LogP contribution in [-0.4, -0.2) is 43.5 Å². The fraction of sp³-hybridized carbons (Fsp3) is 0.889. The van der Waals surface area contributed by atoms with Crippen molar-refractivity contribution in [1.29, 1.82) is 0 Å². The Bertz CT molecular complexity index is 347. The quantitative estimate of drug-likeness (QED) is 0.541. The van der Waals surface area contributed by atoms with E-state index in [9.17, 15) is 13.2 Å². The predicted molar refractivity (Wildman–Crippen MR) is 57.4 cm³/mol. The summed E-state index contributed by atoms with van der Waals surface area (Å²) in [6.45, 7) is 0.240. The van der Waals surface area contributed by atoms with Gasteiger partial charge in [0, 0.05) is 25.0 Å². The third-order valence-electron chi connectivity index (χ3n) is 2.76. The Morgan fingerprint density at radius 2 is 2.00 bits per heavy atom. The van der Waals surface area contributed by atoms with Crippen molar-refractivity contribution in [3.05, 3.63) is 0 Å². The summed E-state index contributed by atoms with van der Waals surface area (Å²) in [5, 5.41) is 17.4. The van der Waals surface area contributed by atoms with Gasteiger partial charge < -0.3 is 10.2 Å². The average molecular weight is 251 g/mol. The molecule has 0 bridgehead atoms. The van der Waals surface area contributed by atoms with Crippen molar-refractivity contribution in [3.63, 3.8) is 0 Å². The van der Waals surface area contributed by atoms with Crippen LogP contribution < -0.4 is 4.72 Å². The van der Waals surface area contributed by atoms with Crippen molar-refractivity contribution in [2.24, 2.45) is 5.41 Å². The Hall–Kier alpha value is -0.660. The molecule has 1 fully saturated rings. The van der Waals surface area contributed by atoms with E-state index in [-0.39, 0.29) is 37.2 Å². The molecular weight excluding hydrogens is 234 g/mol. The van der Waals surface area contributed by atoms with Gasteiger partial charge in [-0.3, -0.25) is 4.79 Å². The maximum absolute atomic E-state index is 11.4. The molecule has 0 aromatic heterocycles. The summed E-state index contributed by atoms with van der Waals surface area (Å²) < 4.78 is 25.2. The molecule has 0 atom stereocenters. The van der Waals surface area contributed by atoms with Crippen molar-refractivity contribution < 1.29 is 23.4 Å². The molecule has 0 aromatic carbocycles. The molecule has 0 amide bonds. The number of carboxylic acids is 1. The maximum atomic E-state index is 11.4. The number of aliphatic carboxylic acids is 1. The summed E-state index contributed by atoms with van der Waals surface area (Å²) in [6.07, 6.45) is 1.63.